The molecule has 1 aromatic rings. The fraction of sp³-hybridized carbons (Fsp3) is 0.333. The zero-order valence-corrected chi connectivity index (χ0v) is 13.3. The summed E-state index contributed by atoms with van der Waals surface area (Å²) in [4.78, 5) is 37.2. The van der Waals surface area contributed by atoms with E-state index in [4.69, 9.17) is 0 Å². The van der Waals surface area contributed by atoms with Gasteiger partial charge in [-0.2, -0.15) is 0 Å². The normalized spacial score (nSPS) is 30.2. The number of carbonyl (C=O) groups excluding carboxylic acids is 2. The van der Waals surface area contributed by atoms with E-state index < -0.39 is 4.92 Å². The molecule has 2 amide bonds. The lowest BCUT2D eigenvalue weighted by molar-refractivity contribution is -0.384. The predicted octanol–water partition coefficient (Wildman–Crippen LogP) is 2.85. The van der Waals surface area contributed by atoms with Gasteiger partial charge in [-0.1, -0.05) is 23.3 Å². The minimum atomic E-state index is -0.503. The number of hydrogen-bond acceptors (Lipinski definition) is 4. The Bertz CT molecular complexity index is 799. The lowest BCUT2D eigenvalue weighted by atomic mass is 9.85. The molecule has 3 aliphatic rings. The Balaban J connectivity index is 1.71. The molecule has 4 rings (SSSR count). The van der Waals surface area contributed by atoms with Crippen LogP contribution in [0.5, 0.6) is 0 Å². The molecule has 0 unspecified atom stereocenters. The van der Waals surface area contributed by atoms with Crippen molar-refractivity contribution in [2.24, 2.45) is 23.7 Å². The second-order valence-corrected chi connectivity index (χ2v) is 6.73. The van der Waals surface area contributed by atoms with Gasteiger partial charge in [-0.05, 0) is 26.0 Å². The molecule has 0 radical (unpaired) electrons. The third-order valence-corrected chi connectivity index (χ3v) is 5.31. The first-order chi connectivity index (χ1) is 11.4. The van der Waals surface area contributed by atoms with Crippen molar-refractivity contribution in [1.29, 1.82) is 0 Å². The highest BCUT2D eigenvalue weighted by atomic mass is 16.6. The molecule has 4 atom stereocenters. The third-order valence-electron chi connectivity index (χ3n) is 5.31. The van der Waals surface area contributed by atoms with Crippen LogP contribution >= 0.6 is 0 Å². The number of allylic oxidation sites excluding steroid dienone is 4. The van der Waals surface area contributed by atoms with Crippen molar-refractivity contribution in [3.8, 4) is 0 Å². The Labute approximate surface area is 138 Å². The number of rotatable bonds is 2. The van der Waals surface area contributed by atoms with Gasteiger partial charge in [-0.15, -0.1) is 0 Å². The zero-order valence-electron chi connectivity index (χ0n) is 13.3. The maximum absolute atomic E-state index is 12.9. The summed E-state index contributed by atoms with van der Waals surface area (Å²) in [6.45, 7) is 4.04. The van der Waals surface area contributed by atoms with Gasteiger partial charge >= 0.3 is 0 Å². The first kappa shape index (κ1) is 14.8. The maximum atomic E-state index is 12.9. The second-order valence-electron chi connectivity index (χ2n) is 6.73. The molecule has 0 spiro atoms. The van der Waals surface area contributed by atoms with Crippen LogP contribution in [0.1, 0.15) is 13.8 Å². The van der Waals surface area contributed by atoms with Gasteiger partial charge in [0.15, 0.2) is 0 Å². The van der Waals surface area contributed by atoms with E-state index in [1.807, 2.05) is 26.0 Å². The van der Waals surface area contributed by atoms with Gasteiger partial charge in [0.25, 0.3) is 5.69 Å². The van der Waals surface area contributed by atoms with Crippen LogP contribution in [0.4, 0.5) is 11.4 Å². The van der Waals surface area contributed by atoms with Gasteiger partial charge in [0, 0.05) is 24.0 Å². The highest BCUT2D eigenvalue weighted by Gasteiger charge is 2.61. The van der Waals surface area contributed by atoms with Crippen molar-refractivity contribution >= 4 is 23.2 Å². The lowest BCUT2D eigenvalue weighted by Crippen LogP contribution is -2.33. The summed E-state index contributed by atoms with van der Waals surface area (Å²) in [5.41, 5.74) is 2.72. The van der Waals surface area contributed by atoms with E-state index in [9.17, 15) is 19.7 Å². The summed E-state index contributed by atoms with van der Waals surface area (Å²) in [6, 6.07) is 5.56. The van der Waals surface area contributed by atoms with Crippen molar-refractivity contribution in [3.63, 3.8) is 0 Å². The van der Waals surface area contributed by atoms with Crippen molar-refractivity contribution in [3.05, 3.63) is 57.7 Å². The minimum Gasteiger partial charge on any atom is -0.274 e. The van der Waals surface area contributed by atoms with Gasteiger partial charge < -0.3 is 0 Å². The predicted molar refractivity (Wildman–Crippen MR) is 87.1 cm³/mol. The van der Waals surface area contributed by atoms with E-state index in [1.54, 1.807) is 0 Å². The van der Waals surface area contributed by atoms with Gasteiger partial charge in [0.2, 0.25) is 11.8 Å². The minimum absolute atomic E-state index is 0.00417. The Hall–Kier alpha value is -2.76. The summed E-state index contributed by atoms with van der Waals surface area (Å²) in [5.74, 6) is -1.07. The molecule has 122 valence electrons. The number of amides is 2. The summed E-state index contributed by atoms with van der Waals surface area (Å²) in [5, 5.41) is 10.8. The molecule has 1 aliphatic heterocycles. The van der Waals surface area contributed by atoms with Gasteiger partial charge in [-0.25, -0.2) is 4.90 Å². The van der Waals surface area contributed by atoms with Crippen LogP contribution in [0.25, 0.3) is 0 Å². The van der Waals surface area contributed by atoms with Gasteiger partial charge in [0.05, 0.1) is 22.4 Å². The van der Waals surface area contributed by atoms with Crippen LogP contribution in [0.3, 0.4) is 0 Å². The maximum Gasteiger partial charge on any atom is 0.269 e. The number of nitro benzene ring substituents is 1. The molecule has 1 saturated heterocycles. The molecule has 6 heteroatoms. The number of nitro groups is 1. The highest BCUT2D eigenvalue weighted by Crippen LogP contribution is 2.57. The quantitative estimate of drug-likeness (QED) is 0.362. The Morgan fingerprint density at radius 1 is 1.00 bits per heavy atom. The summed E-state index contributed by atoms with van der Waals surface area (Å²) in [6.07, 6.45) is 4.08. The molecule has 2 bridgehead atoms. The molecule has 2 aliphatic carbocycles. The smallest absolute Gasteiger partial charge is 0.269 e. The van der Waals surface area contributed by atoms with Crippen molar-refractivity contribution < 1.29 is 14.5 Å². The molecule has 2 fully saturated rings. The molecular formula is C18H16N2O4. The highest BCUT2D eigenvalue weighted by molar-refractivity contribution is 6.23. The molecule has 6 nitrogen and oxygen atoms in total. The van der Waals surface area contributed by atoms with Gasteiger partial charge in [0.1, 0.15) is 0 Å². The fourth-order valence-corrected chi connectivity index (χ4v) is 4.41. The lowest BCUT2D eigenvalue weighted by Gasteiger charge is -2.19. The molecule has 0 N–H and O–H groups in total. The number of benzene rings is 1. The number of imide groups is 1. The van der Waals surface area contributed by atoms with Crippen LogP contribution in [-0.4, -0.2) is 16.7 Å². The van der Waals surface area contributed by atoms with E-state index in [-0.39, 0.29) is 41.2 Å². The van der Waals surface area contributed by atoms with E-state index in [1.165, 1.54) is 40.3 Å². The third kappa shape index (κ3) is 1.76. The zero-order chi connectivity index (χ0) is 17.2. The SMILES string of the molecule is CC(C)=C1[C@H]2C=C[C@H]1[C@@H]1C(=O)N(c3ccc([N+](=O)[O-])cc3)C(=O)[C@H]12. The number of carbonyl (C=O) groups is 2. The number of hydrogen-bond donors (Lipinski definition) is 0. The molecule has 0 aromatic heterocycles. The first-order valence-electron chi connectivity index (χ1n) is 7.89. The van der Waals surface area contributed by atoms with Crippen LogP contribution < -0.4 is 4.90 Å². The van der Waals surface area contributed by atoms with E-state index in [0.29, 0.717) is 5.69 Å². The molecule has 1 aromatic carbocycles. The summed E-state index contributed by atoms with van der Waals surface area (Å²) >= 11 is 0. The summed E-state index contributed by atoms with van der Waals surface area (Å²) < 4.78 is 0. The van der Waals surface area contributed by atoms with Crippen LogP contribution in [0, 0.1) is 33.8 Å². The number of fused-ring (bicyclic) bond motifs is 5. The number of non-ortho nitro benzene ring substituents is 1. The molecule has 24 heavy (non-hydrogen) atoms. The van der Waals surface area contributed by atoms with Crippen LogP contribution in [0.15, 0.2) is 47.6 Å². The van der Waals surface area contributed by atoms with E-state index >= 15 is 0 Å². The Kier molecular flexibility index (Phi) is 3.00. The van der Waals surface area contributed by atoms with E-state index in [2.05, 4.69) is 0 Å². The largest absolute Gasteiger partial charge is 0.274 e. The topological polar surface area (TPSA) is 80.5 Å². The fourth-order valence-electron chi connectivity index (χ4n) is 4.41. The molecular weight excluding hydrogens is 308 g/mol. The van der Waals surface area contributed by atoms with Gasteiger partial charge in [-0.3, -0.25) is 19.7 Å². The first-order valence-corrected chi connectivity index (χ1v) is 7.89. The standard InChI is InChI=1S/C18H16N2O4/c1-9(2)14-12-7-8-13(14)16-15(12)17(21)19(18(16)22)10-3-5-11(6-4-10)20(23)24/h3-8,12-13,15-16H,1-2H3/t12-,13-,15+,16+/m1/s1. The Morgan fingerprint density at radius 2 is 1.50 bits per heavy atom. The monoisotopic (exact) mass is 324 g/mol. The van der Waals surface area contributed by atoms with Crippen LogP contribution in [0.2, 0.25) is 0 Å². The summed E-state index contributed by atoms with van der Waals surface area (Å²) in [7, 11) is 0. The number of anilines is 1. The Morgan fingerprint density at radius 3 is 1.92 bits per heavy atom. The average Bonchev–Trinajstić information content (AvgIpc) is 3.18. The van der Waals surface area contributed by atoms with E-state index in [0.717, 1.165) is 0 Å². The molecule has 1 heterocycles. The number of nitrogens with zero attached hydrogens (tertiary/aromatic N) is 2. The second kappa shape index (κ2) is 4.87. The van der Waals surface area contributed by atoms with Crippen LogP contribution in [-0.2, 0) is 9.59 Å². The van der Waals surface area contributed by atoms with Crippen molar-refractivity contribution in [2.45, 2.75) is 13.8 Å². The average molecular weight is 324 g/mol. The molecule has 1 saturated carbocycles. The van der Waals surface area contributed by atoms with Crippen molar-refractivity contribution in [2.75, 3.05) is 4.90 Å². The van der Waals surface area contributed by atoms with Crippen molar-refractivity contribution in [1.82, 2.24) is 0 Å².